The minimum absolute atomic E-state index is 0.110. The molecule has 1 heterocycles. The highest BCUT2D eigenvalue weighted by atomic mass is 32.2. The van der Waals surface area contributed by atoms with Crippen molar-refractivity contribution in [1.29, 1.82) is 0 Å². The summed E-state index contributed by atoms with van der Waals surface area (Å²) in [6.45, 7) is 0. The van der Waals surface area contributed by atoms with Crippen LogP contribution in [0.15, 0.2) is 12.1 Å². The van der Waals surface area contributed by atoms with Gasteiger partial charge in [0.2, 0.25) is 0 Å². The average Bonchev–Trinajstić information content (AvgIpc) is 2.28. The number of nitrogens with two attached hydrogens (primary N) is 1. The third kappa shape index (κ3) is 1.92. The second-order valence-corrected chi connectivity index (χ2v) is 4.56. The van der Waals surface area contributed by atoms with Crippen LogP contribution in [0.1, 0.15) is 17.2 Å². The monoisotopic (exact) mass is 225 g/mol. The largest absolute Gasteiger partial charge is 0.493 e. The Morgan fingerprint density at radius 2 is 1.93 bits per heavy atom. The van der Waals surface area contributed by atoms with Crippen LogP contribution in [-0.4, -0.2) is 20.0 Å². The molecule has 0 aromatic heterocycles. The van der Waals surface area contributed by atoms with E-state index in [1.807, 2.05) is 23.9 Å². The lowest BCUT2D eigenvalue weighted by atomic mass is 10.0. The van der Waals surface area contributed by atoms with Crippen LogP contribution >= 0.6 is 11.8 Å². The van der Waals surface area contributed by atoms with Gasteiger partial charge in [-0.3, -0.25) is 0 Å². The molecule has 1 aliphatic rings. The van der Waals surface area contributed by atoms with Crippen molar-refractivity contribution in [2.75, 3.05) is 20.0 Å². The van der Waals surface area contributed by atoms with E-state index in [-0.39, 0.29) is 6.04 Å². The summed E-state index contributed by atoms with van der Waals surface area (Å²) in [7, 11) is 3.30. The minimum Gasteiger partial charge on any atom is -0.493 e. The predicted octanol–water partition coefficient (Wildman–Crippen LogP) is 1.95. The van der Waals surface area contributed by atoms with Gasteiger partial charge in [0, 0.05) is 17.5 Å². The number of rotatable bonds is 2. The van der Waals surface area contributed by atoms with Crippen LogP contribution < -0.4 is 15.2 Å². The van der Waals surface area contributed by atoms with Crippen LogP contribution in [0.4, 0.5) is 0 Å². The molecule has 0 saturated heterocycles. The fourth-order valence-corrected chi connectivity index (χ4v) is 2.81. The molecule has 15 heavy (non-hydrogen) atoms. The van der Waals surface area contributed by atoms with Crippen molar-refractivity contribution < 1.29 is 9.47 Å². The SMILES string of the molecule is COc1cc2c(cc1OC)C(N)CSC2. The highest BCUT2D eigenvalue weighted by Gasteiger charge is 2.20. The van der Waals surface area contributed by atoms with E-state index in [2.05, 4.69) is 0 Å². The van der Waals surface area contributed by atoms with Gasteiger partial charge in [-0.15, -0.1) is 0 Å². The molecule has 2 N–H and O–H groups in total. The van der Waals surface area contributed by atoms with Gasteiger partial charge in [-0.05, 0) is 23.3 Å². The minimum atomic E-state index is 0.110. The first-order valence-corrected chi connectivity index (χ1v) is 6.00. The summed E-state index contributed by atoms with van der Waals surface area (Å²) in [6, 6.07) is 4.14. The summed E-state index contributed by atoms with van der Waals surface area (Å²) in [6.07, 6.45) is 0. The number of hydrogen-bond donors (Lipinski definition) is 1. The Morgan fingerprint density at radius 3 is 2.60 bits per heavy atom. The summed E-state index contributed by atoms with van der Waals surface area (Å²) in [5.74, 6) is 3.52. The molecule has 2 rings (SSSR count). The van der Waals surface area contributed by atoms with E-state index in [1.54, 1.807) is 14.2 Å². The maximum Gasteiger partial charge on any atom is 0.161 e. The third-order valence-corrected chi connectivity index (χ3v) is 3.71. The molecule has 3 nitrogen and oxygen atoms in total. The number of methoxy groups -OCH3 is 2. The second kappa shape index (κ2) is 4.33. The molecule has 1 aromatic carbocycles. The third-order valence-electron chi connectivity index (χ3n) is 2.60. The van der Waals surface area contributed by atoms with E-state index < -0.39 is 0 Å². The number of benzene rings is 1. The molecule has 0 bridgehead atoms. The first-order valence-electron chi connectivity index (χ1n) is 4.84. The lowest BCUT2D eigenvalue weighted by Gasteiger charge is -2.23. The standard InChI is InChI=1S/C11H15NO2S/c1-13-10-3-7-5-15-6-9(12)8(7)4-11(10)14-2/h3-4,9H,5-6,12H2,1-2H3. The zero-order chi connectivity index (χ0) is 10.8. The van der Waals surface area contributed by atoms with E-state index in [0.29, 0.717) is 0 Å². The van der Waals surface area contributed by atoms with E-state index >= 15 is 0 Å². The van der Waals surface area contributed by atoms with Gasteiger partial charge in [0.1, 0.15) is 0 Å². The Morgan fingerprint density at radius 1 is 1.27 bits per heavy atom. The summed E-state index contributed by atoms with van der Waals surface area (Å²) in [4.78, 5) is 0. The van der Waals surface area contributed by atoms with E-state index in [1.165, 1.54) is 11.1 Å². The molecule has 0 aliphatic carbocycles. The van der Waals surface area contributed by atoms with Crippen LogP contribution in [0.25, 0.3) is 0 Å². The van der Waals surface area contributed by atoms with Gasteiger partial charge in [-0.1, -0.05) is 0 Å². The fourth-order valence-electron chi connectivity index (χ4n) is 1.79. The van der Waals surface area contributed by atoms with Crippen molar-refractivity contribution in [3.63, 3.8) is 0 Å². The number of hydrogen-bond acceptors (Lipinski definition) is 4. The summed E-state index contributed by atoms with van der Waals surface area (Å²) in [5, 5.41) is 0. The van der Waals surface area contributed by atoms with Gasteiger partial charge in [0.15, 0.2) is 11.5 Å². The lowest BCUT2D eigenvalue weighted by molar-refractivity contribution is 0.354. The van der Waals surface area contributed by atoms with Crippen LogP contribution in [0.3, 0.4) is 0 Å². The molecule has 82 valence electrons. The molecular formula is C11H15NO2S. The molecule has 0 saturated carbocycles. The highest BCUT2D eigenvalue weighted by Crippen LogP contribution is 2.38. The Bertz CT molecular complexity index is 368. The smallest absolute Gasteiger partial charge is 0.161 e. The van der Waals surface area contributed by atoms with E-state index in [9.17, 15) is 0 Å². The van der Waals surface area contributed by atoms with Crippen LogP contribution in [-0.2, 0) is 5.75 Å². The van der Waals surface area contributed by atoms with Gasteiger partial charge in [-0.2, -0.15) is 11.8 Å². The van der Waals surface area contributed by atoms with Crippen molar-refractivity contribution in [3.05, 3.63) is 23.3 Å². The number of ether oxygens (including phenoxy) is 2. The van der Waals surface area contributed by atoms with Crippen LogP contribution in [0, 0.1) is 0 Å². The first kappa shape index (κ1) is 10.6. The molecule has 0 radical (unpaired) electrons. The molecule has 0 spiro atoms. The Kier molecular flexibility index (Phi) is 3.07. The highest BCUT2D eigenvalue weighted by molar-refractivity contribution is 7.98. The van der Waals surface area contributed by atoms with Crippen molar-refractivity contribution >= 4 is 11.8 Å². The number of thioether (sulfide) groups is 1. The molecular weight excluding hydrogens is 210 g/mol. The second-order valence-electron chi connectivity index (χ2n) is 3.53. The van der Waals surface area contributed by atoms with Crippen molar-refractivity contribution in [3.8, 4) is 11.5 Å². The van der Waals surface area contributed by atoms with Gasteiger partial charge in [0.05, 0.1) is 14.2 Å². The maximum absolute atomic E-state index is 6.04. The first-order chi connectivity index (χ1) is 7.26. The topological polar surface area (TPSA) is 44.5 Å². The van der Waals surface area contributed by atoms with Gasteiger partial charge < -0.3 is 15.2 Å². The number of fused-ring (bicyclic) bond motifs is 1. The quantitative estimate of drug-likeness (QED) is 0.835. The zero-order valence-electron chi connectivity index (χ0n) is 8.95. The molecule has 1 aliphatic heterocycles. The predicted molar refractivity (Wildman–Crippen MR) is 62.6 cm³/mol. The molecule has 0 amide bonds. The molecule has 1 unspecified atom stereocenters. The van der Waals surface area contributed by atoms with E-state index in [4.69, 9.17) is 15.2 Å². The van der Waals surface area contributed by atoms with Gasteiger partial charge >= 0.3 is 0 Å². The molecule has 1 aromatic rings. The molecule has 0 fully saturated rings. The van der Waals surface area contributed by atoms with Crippen molar-refractivity contribution in [2.24, 2.45) is 5.73 Å². The Balaban J connectivity index is 2.48. The van der Waals surface area contributed by atoms with Crippen LogP contribution in [0.2, 0.25) is 0 Å². The normalized spacial score (nSPS) is 19.5. The summed E-state index contributed by atoms with van der Waals surface area (Å²) >= 11 is 1.86. The van der Waals surface area contributed by atoms with Crippen molar-refractivity contribution in [1.82, 2.24) is 0 Å². The van der Waals surface area contributed by atoms with Gasteiger partial charge in [-0.25, -0.2) is 0 Å². The summed E-state index contributed by atoms with van der Waals surface area (Å²) < 4.78 is 10.5. The van der Waals surface area contributed by atoms with Crippen LogP contribution in [0.5, 0.6) is 11.5 Å². The van der Waals surface area contributed by atoms with Crippen molar-refractivity contribution in [2.45, 2.75) is 11.8 Å². The van der Waals surface area contributed by atoms with Gasteiger partial charge in [0.25, 0.3) is 0 Å². The molecule has 4 heteroatoms. The van der Waals surface area contributed by atoms with E-state index in [0.717, 1.165) is 23.0 Å². The molecule has 1 atom stereocenters. The average molecular weight is 225 g/mol. The zero-order valence-corrected chi connectivity index (χ0v) is 9.76. The Labute approximate surface area is 93.9 Å². The maximum atomic E-state index is 6.04. The summed E-state index contributed by atoms with van der Waals surface area (Å²) in [5.41, 5.74) is 8.49. The fraction of sp³-hybridized carbons (Fsp3) is 0.455. The Hall–Kier alpha value is -0.870. The lowest BCUT2D eigenvalue weighted by Crippen LogP contribution is -2.19.